The first kappa shape index (κ1) is 30.2. The van der Waals surface area contributed by atoms with Crippen molar-refractivity contribution in [1.29, 1.82) is 0 Å². The predicted octanol–water partition coefficient (Wildman–Crippen LogP) is 7.10. The van der Waals surface area contributed by atoms with Crippen LogP contribution in [0.3, 0.4) is 0 Å². The van der Waals surface area contributed by atoms with E-state index in [2.05, 4.69) is 24.3 Å². The predicted molar refractivity (Wildman–Crippen MR) is 176 cm³/mol. The van der Waals surface area contributed by atoms with Gasteiger partial charge in [-0.05, 0) is 86.3 Å². The maximum Gasteiger partial charge on any atom is 0.282 e. The molecule has 0 saturated carbocycles. The van der Waals surface area contributed by atoms with Crippen LogP contribution in [-0.4, -0.2) is 35.0 Å². The van der Waals surface area contributed by atoms with E-state index in [1.165, 1.54) is 4.68 Å². The summed E-state index contributed by atoms with van der Waals surface area (Å²) in [7, 11) is 0. The number of hydrogen-bond donors (Lipinski definition) is 1. The maximum atomic E-state index is 13.8. The number of aromatic nitrogens is 2. The summed E-state index contributed by atoms with van der Waals surface area (Å²) < 4.78 is 13.1. The fraction of sp³-hybridized carbons (Fsp3) is 0.222. The minimum atomic E-state index is -0.294. The second kappa shape index (κ2) is 13.4. The molecule has 0 aliphatic rings. The van der Waals surface area contributed by atoms with Crippen molar-refractivity contribution in [1.82, 2.24) is 9.66 Å². The quantitative estimate of drug-likeness (QED) is 0.176. The van der Waals surface area contributed by atoms with Gasteiger partial charge >= 0.3 is 0 Å². The van der Waals surface area contributed by atoms with E-state index in [0.29, 0.717) is 40.3 Å². The molecule has 44 heavy (non-hydrogen) atoms. The summed E-state index contributed by atoms with van der Waals surface area (Å²) in [5.74, 6) is 1.60. The van der Waals surface area contributed by atoms with Crippen LogP contribution < -0.4 is 20.3 Å². The zero-order valence-corrected chi connectivity index (χ0v) is 25.6. The van der Waals surface area contributed by atoms with E-state index in [1.54, 1.807) is 18.3 Å². The van der Waals surface area contributed by atoms with Crippen LogP contribution in [0.1, 0.15) is 48.9 Å². The van der Waals surface area contributed by atoms with Crippen molar-refractivity contribution in [3.63, 3.8) is 0 Å². The fourth-order valence-corrected chi connectivity index (χ4v) is 4.89. The van der Waals surface area contributed by atoms with Crippen LogP contribution in [0.2, 0.25) is 0 Å². The topological polar surface area (TPSA) is 94.8 Å². The lowest BCUT2D eigenvalue weighted by molar-refractivity contribution is -0.118. The Morgan fingerprint density at radius 2 is 1.68 bits per heavy atom. The van der Waals surface area contributed by atoms with Gasteiger partial charge in [-0.2, -0.15) is 9.78 Å². The van der Waals surface area contributed by atoms with Crippen molar-refractivity contribution >= 4 is 28.7 Å². The first-order valence-corrected chi connectivity index (χ1v) is 14.7. The molecule has 0 radical (unpaired) electrons. The second-order valence-corrected chi connectivity index (χ2v) is 10.8. The molecular formula is C36H36N4O4. The van der Waals surface area contributed by atoms with Crippen molar-refractivity contribution in [2.24, 2.45) is 5.10 Å². The van der Waals surface area contributed by atoms with Crippen LogP contribution >= 0.6 is 0 Å². The molecule has 1 aromatic heterocycles. The molecule has 0 fully saturated rings. The summed E-state index contributed by atoms with van der Waals surface area (Å²) in [5.41, 5.74) is 5.41. The molecule has 0 aliphatic heterocycles. The first-order valence-electron chi connectivity index (χ1n) is 14.7. The summed E-state index contributed by atoms with van der Waals surface area (Å²) in [6, 6.07) is 26.0. The molecule has 1 N–H and O–H groups in total. The van der Waals surface area contributed by atoms with Crippen molar-refractivity contribution in [3.8, 4) is 22.9 Å². The van der Waals surface area contributed by atoms with Crippen molar-refractivity contribution in [2.75, 3.05) is 18.5 Å². The summed E-state index contributed by atoms with van der Waals surface area (Å²) in [6.07, 6.45) is 1.56. The van der Waals surface area contributed by atoms with Crippen LogP contribution in [-0.2, 0) is 4.79 Å². The average molecular weight is 589 g/mol. The molecule has 0 unspecified atom stereocenters. The van der Waals surface area contributed by atoms with E-state index in [0.717, 1.165) is 28.0 Å². The number of benzene rings is 4. The number of nitrogens with zero attached hydrogens (tertiary/aromatic N) is 3. The lowest BCUT2D eigenvalue weighted by atomic mass is 9.96. The molecule has 8 heteroatoms. The molecule has 0 atom stereocenters. The number of para-hydroxylation sites is 2. The summed E-state index contributed by atoms with van der Waals surface area (Å²) in [4.78, 5) is 31.3. The highest BCUT2D eigenvalue weighted by Crippen LogP contribution is 2.34. The largest absolute Gasteiger partial charge is 0.494 e. The molecule has 0 aliphatic carbocycles. The molecule has 4 aromatic carbocycles. The molecular weight excluding hydrogens is 552 g/mol. The van der Waals surface area contributed by atoms with Crippen molar-refractivity contribution < 1.29 is 14.3 Å². The first-order chi connectivity index (χ1) is 21.2. The molecule has 0 spiro atoms. The monoisotopic (exact) mass is 588 g/mol. The van der Waals surface area contributed by atoms with Crippen LogP contribution in [0.5, 0.6) is 11.5 Å². The highest BCUT2D eigenvalue weighted by Gasteiger charge is 2.19. The Bertz CT molecular complexity index is 1890. The van der Waals surface area contributed by atoms with Gasteiger partial charge < -0.3 is 14.8 Å². The summed E-state index contributed by atoms with van der Waals surface area (Å²) in [6.45, 7) is 10.5. The van der Waals surface area contributed by atoms with Crippen LogP contribution in [0, 0.1) is 13.8 Å². The van der Waals surface area contributed by atoms with Gasteiger partial charge in [0, 0.05) is 16.8 Å². The molecule has 224 valence electrons. The molecule has 5 aromatic rings. The minimum absolute atomic E-state index is 0.187. The van der Waals surface area contributed by atoms with E-state index in [9.17, 15) is 9.59 Å². The Balaban J connectivity index is 1.52. The lowest BCUT2D eigenvalue weighted by Gasteiger charge is -2.18. The van der Waals surface area contributed by atoms with Gasteiger partial charge in [-0.3, -0.25) is 9.59 Å². The summed E-state index contributed by atoms with van der Waals surface area (Å²) >= 11 is 0. The van der Waals surface area contributed by atoms with Gasteiger partial charge in [0.05, 0.1) is 23.7 Å². The number of aryl methyl sites for hydroxylation is 2. The normalized spacial score (nSPS) is 11.3. The van der Waals surface area contributed by atoms with Gasteiger partial charge in [0.15, 0.2) is 12.4 Å². The molecule has 1 heterocycles. The second-order valence-electron chi connectivity index (χ2n) is 10.8. The zero-order valence-electron chi connectivity index (χ0n) is 25.6. The van der Waals surface area contributed by atoms with Crippen molar-refractivity contribution in [2.45, 2.75) is 40.5 Å². The number of carbonyl (C=O) groups is 1. The Kier molecular flexibility index (Phi) is 9.19. The third-order valence-electron chi connectivity index (χ3n) is 7.20. The standard InChI is InChI=1S/C36H36N4O4/c1-6-43-33-19-25(5)30(20-29(33)23(2)3)35-39-31-13-9-8-12-28(31)36(42)40(35)37-21-26-11-7-10-14-32(26)44-22-34(41)38-27-17-15-24(4)16-18-27/h7-21,23H,6,22H2,1-5H3,(H,38,41). The Labute approximate surface area is 257 Å². The van der Waals surface area contributed by atoms with Gasteiger partial charge in [-0.15, -0.1) is 0 Å². The molecule has 0 bridgehead atoms. The highest BCUT2D eigenvalue weighted by molar-refractivity contribution is 5.92. The number of ether oxygens (including phenoxy) is 2. The number of fused-ring (bicyclic) bond motifs is 1. The van der Waals surface area contributed by atoms with Crippen LogP contribution in [0.15, 0.2) is 94.8 Å². The SMILES string of the molecule is CCOc1cc(C)c(-c2nc3ccccc3c(=O)n2N=Cc2ccccc2OCC(=O)Nc2ccc(C)cc2)cc1C(C)C. The van der Waals surface area contributed by atoms with Gasteiger partial charge in [0.25, 0.3) is 11.5 Å². The Morgan fingerprint density at radius 1 is 0.955 bits per heavy atom. The maximum absolute atomic E-state index is 13.8. The van der Waals surface area contributed by atoms with Crippen LogP contribution in [0.4, 0.5) is 5.69 Å². The molecule has 8 nitrogen and oxygen atoms in total. The van der Waals surface area contributed by atoms with Crippen molar-refractivity contribution in [3.05, 3.63) is 118 Å². The Morgan fingerprint density at radius 3 is 2.43 bits per heavy atom. The van der Waals surface area contributed by atoms with Gasteiger partial charge in [0.2, 0.25) is 0 Å². The van der Waals surface area contributed by atoms with E-state index in [4.69, 9.17) is 14.5 Å². The number of rotatable bonds is 10. The number of amides is 1. The molecule has 0 saturated heterocycles. The number of carbonyl (C=O) groups excluding carboxylic acids is 1. The highest BCUT2D eigenvalue weighted by atomic mass is 16.5. The van der Waals surface area contributed by atoms with Crippen LogP contribution in [0.25, 0.3) is 22.3 Å². The van der Waals surface area contributed by atoms with Gasteiger partial charge in [-0.25, -0.2) is 4.98 Å². The van der Waals surface area contributed by atoms with Gasteiger partial charge in [0.1, 0.15) is 11.5 Å². The van der Waals surface area contributed by atoms with Gasteiger partial charge in [-0.1, -0.05) is 55.8 Å². The minimum Gasteiger partial charge on any atom is -0.494 e. The Hall–Kier alpha value is -5.24. The lowest BCUT2D eigenvalue weighted by Crippen LogP contribution is -2.21. The zero-order chi connectivity index (χ0) is 31.2. The smallest absolute Gasteiger partial charge is 0.282 e. The van der Waals surface area contributed by atoms with E-state index in [1.807, 2.05) is 93.6 Å². The molecule has 5 rings (SSSR count). The fourth-order valence-electron chi connectivity index (χ4n) is 4.89. The van der Waals surface area contributed by atoms with E-state index >= 15 is 0 Å². The van der Waals surface area contributed by atoms with E-state index < -0.39 is 0 Å². The third-order valence-corrected chi connectivity index (χ3v) is 7.20. The third kappa shape index (κ3) is 6.70. The number of nitrogens with one attached hydrogen (secondary N) is 1. The molecule has 1 amide bonds. The number of hydrogen-bond acceptors (Lipinski definition) is 6. The average Bonchev–Trinajstić information content (AvgIpc) is 3.01. The number of anilines is 1. The van der Waals surface area contributed by atoms with E-state index in [-0.39, 0.29) is 24.0 Å². The summed E-state index contributed by atoms with van der Waals surface area (Å²) in [5, 5.41) is 7.94.